The molecule has 146 valence electrons. The number of ether oxygens (including phenoxy) is 1. The lowest BCUT2D eigenvalue weighted by Gasteiger charge is -2.34. The van der Waals surface area contributed by atoms with Crippen LogP contribution in [0.3, 0.4) is 0 Å². The Morgan fingerprint density at radius 2 is 1.93 bits per heavy atom. The van der Waals surface area contributed by atoms with Crippen molar-refractivity contribution in [3.05, 3.63) is 53.1 Å². The highest BCUT2D eigenvalue weighted by Crippen LogP contribution is 2.55. The van der Waals surface area contributed by atoms with Crippen LogP contribution in [-0.2, 0) is 21.6 Å². The summed E-state index contributed by atoms with van der Waals surface area (Å²) in [6, 6.07) is 10.9. The van der Waals surface area contributed by atoms with E-state index in [2.05, 4.69) is 56.3 Å². The molecule has 2 bridgehead atoms. The molecule has 2 saturated carbocycles. The second kappa shape index (κ2) is 6.20. The van der Waals surface area contributed by atoms with Crippen LogP contribution in [0.5, 0.6) is 0 Å². The summed E-state index contributed by atoms with van der Waals surface area (Å²) in [5.41, 5.74) is 3.07. The van der Waals surface area contributed by atoms with E-state index in [9.17, 15) is 4.79 Å². The molecule has 2 fully saturated rings. The smallest absolute Gasteiger partial charge is 0.310 e. The van der Waals surface area contributed by atoms with Gasteiger partial charge >= 0.3 is 5.97 Å². The summed E-state index contributed by atoms with van der Waals surface area (Å²) in [5, 5.41) is 2.58. The number of allylic oxidation sites excluding steroid dienone is 1. The van der Waals surface area contributed by atoms with Crippen LogP contribution >= 0.6 is 0 Å². The van der Waals surface area contributed by atoms with Gasteiger partial charge < -0.3 is 4.74 Å². The van der Waals surface area contributed by atoms with E-state index in [1.165, 1.54) is 28.3 Å². The van der Waals surface area contributed by atoms with Crippen LogP contribution in [0, 0.1) is 29.6 Å². The molecule has 5 atom stereocenters. The molecule has 0 aliphatic heterocycles. The van der Waals surface area contributed by atoms with Gasteiger partial charge in [0.25, 0.3) is 0 Å². The van der Waals surface area contributed by atoms with Gasteiger partial charge in [-0.2, -0.15) is 0 Å². The Morgan fingerprint density at radius 1 is 1.11 bits per heavy atom. The standard InChI is InChI=1S/C26H30O2/c1-15-16(2)22-13-20(15)14-23(22)25(27)28-26(3,4)21-11-18-9-5-7-17-8-6-10-19(12-21)24(17)18/h5-7,9-12,15-16,20,22-23H,8,13-14H2,1-4H3. The maximum Gasteiger partial charge on any atom is 0.310 e. The minimum absolute atomic E-state index is 0.00860. The Balaban J connectivity index is 1.43. The van der Waals surface area contributed by atoms with E-state index in [0.717, 1.165) is 24.3 Å². The number of carbonyl (C=O) groups excluding carboxylic acids is 1. The van der Waals surface area contributed by atoms with Crippen molar-refractivity contribution in [2.24, 2.45) is 29.6 Å². The van der Waals surface area contributed by atoms with Gasteiger partial charge in [0.15, 0.2) is 0 Å². The van der Waals surface area contributed by atoms with Gasteiger partial charge in [-0.25, -0.2) is 0 Å². The summed E-state index contributed by atoms with van der Waals surface area (Å²) in [4.78, 5) is 13.1. The number of fused-ring (bicyclic) bond motifs is 2. The molecule has 0 saturated heterocycles. The van der Waals surface area contributed by atoms with E-state index >= 15 is 0 Å². The lowest BCUT2D eigenvalue weighted by atomic mass is 9.75. The average Bonchev–Trinajstić information content (AvgIpc) is 3.22. The maximum atomic E-state index is 13.1. The van der Waals surface area contributed by atoms with Gasteiger partial charge in [-0.15, -0.1) is 0 Å². The number of hydrogen-bond donors (Lipinski definition) is 0. The zero-order valence-electron chi connectivity index (χ0n) is 17.4. The molecule has 3 aliphatic rings. The highest BCUT2D eigenvalue weighted by atomic mass is 16.6. The Hall–Kier alpha value is -2.09. The summed E-state index contributed by atoms with van der Waals surface area (Å²) in [7, 11) is 0. The van der Waals surface area contributed by atoms with Crippen molar-refractivity contribution < 1.29 is 9.53 Å². The molecule has 2 nitrogen and oxygen atoms in total. The van der Waals surface area contributed by atoms with Gasteiger partial charge in [0, 0.05) is 0 Å². The van der Waals surface area contributed by atoms with E-state index in [1.807, 2.05) is 13.8 Å². The lowest BCUT2D eigenvalue weighted by molar-refractivity contribution is -0.165. The Bertz CT molecular complexity index is 981. The third-order valence-electron chi connectivity index (χ3n) is 7.98. The Kier molecular flexibility index (Phi) is 3.98. The van der Waals surface area contributed by atoms with E-state index in [-0.39, 0.29) is 11.9 Å². The molecule has 5 rings (SSSR count). The topological polar surface area (TPSA) is 26.3 Å². The lowest BCUT2D eigenvalue weighted by Crippen LogP contribution is -2.35. The van der Waals surface area contributed by atoms with Gasteiger partial charge in [0.05, 0.1) is 5.92 Å². The molecule has 2 heteroatoms. The maximum absolute atomic E-state index is 13.1. The van der Waals surface area contributed by atoms with E-state index in [1.54, 1.807) is 0 Å². The summed E-state index contributed by atoms with van der Waals surface area (Å²) in [6.07, 6.45) is 7.63. The van der Waals surface area contributed by atoms with Crippen LogP contribution in [0.4, 0.5) is 0 Å². The summed E-state index contributed by atoms with van der Waals surface area (Å²) < 4.78 is 6.18. The molecule has 2 aromatic carbocycles. The molecule has 0 radical (unpaired) electrons. The zero-order chi connectivity index (χ0) is 19.6. The van der Waals surface area contributed by atoms with Crippen molar-refractivity contribution in [2.45, 2.75) is 52.6 Å². The van der Waals surface area contributed by atoms with Crippen molar-refractivity contribution in [3.8, 4) is 0 Å². The van der Waals surface area contributed by atoms with Gasteiger partial charge in [-0.1, -0.05) is 44.2 Å². The molecule has 0 amide bonds. The van der Waals surface area contributed by atoms with Gasteiger partial charge in [-0.05, 0) is 96.4 Å². The molecule has 0 N–H and O–H groups in total. The van der Waals surface area contributed by atoms with Gasteiger partial charge in [0.1, 0.15) is 5.60 Å². The first-order valence-corrected chi connectivity index (χ1v) is 10.8. The second-order valence-electron chi connectivity index (χ2n) is 9.84. The predicted molar refractivity (Wildman–Crippen MR) is 114 cm³/mol. The monoisotopic (exact) mass is 374 g/mol. The van der Waals surface area contributed by atoms with Crippen LogP contribution in [0.25, 0.3) is 16.8 Å². The van der Waals surface area contributed by atoms with Crippen LogP contribution in [0.15, 0.2) is 36.4 Å². The van der Waals surface area contributed by atoms with E-state index < -0.39 is 5.60 Å². The second-order valence-corrected chi connectivity index (χ2v) is 9.84. The van der Waals surface area contributed by atoms with Crippen LogP contribution in [0.1, 0.15) is 57.2 Å². The number of hydrogen-bond acceptors (Lipinski definition) is 2. The molecule has 0 aromatic heterocycles. The minimum Gasteiger partial charge on any atom is -0.455 e. The molecular weight excluding hydrogens is 344 g/mol. The first-order chi connectivity index (χ1) is 13.3. The fraction of sp³-hybridized carbons (Fsp3) is 0.500. The van der Waals surface area contributed by atoms with E-state index in [0.29, 0.717) is 17.8 Å². The van der Waals surface area contributed by atoms with E-state index in [4.69, 9.17) is 4.74 Å². The van der Waals surface area contributed by atoms with Crippen LogP contribution in [0.2, 0.25) is 0 Å². The third kappa shape index (κ3) is 2.64. The Morgan fingerprint density at radius 3 is 2.68 bits per heavy atom. The first kappa shape index (κ1) is 18.0. The summed E-state index contributed by atoms with van der Waals surface area (Å²) in [6.45, 7) is 8.74. The number of carbonyl (C=O) groups is 1. The quantitative estimate of drug-likeness (QED) is 0.605. The Labute approximate surface area is 168 Å². The third-order valence-corrected chi connectivity index (χ3v) is 7.98. The van der Waals surface area contributed by atoms with Crippen molar-refractivity contribution in [3.63, 3.8) is 0 Å². The minimum atomic E-state index is -0.625. The van der Waals surface area contributed by atoms with Crippen molar-refractivity contribution >= 4 is 22.8 Å². The normalized spacial score (nSPS) is 30.8. The first-order valence-electron chi connectivity index (χ1n) is 10.8. The van der Waals surface area contributed by atoms with Gasteiger partial charge in [-0.3, -0.25) is 4.79 Å². The largest absolute Gasteiger partial charge is 0.455 e. The number of benzene rings is 2. The molecule has 0 heterocycles. The van der Waals surface area contributed by atoms with Gasteiger partial charge in [0.2, 0.25) is 0 Å². The molecule has 28 heavy (non-hydrogen) atoms. The fourth-order valence-corrected chi connectivity index (χ4v) is 6.10. The number of esters is 1. The fourth-order valence-electron chi connectivity index (χ4n) is 6.10. The molecular formula is C26H30O2. The number of rotatable bonds is 3. The highest BCUT2D eigenvalue weighted by Gasteiger charge is 2.52. The molecule has 5 unspecified atom stereocenters. The summed E-state index contributed by atoms with van der Waals surface area (Å²) in [5.74, 6) is 2.68. The predicted octanol–water partition coefficient (Wildman–Crippen LogP) is 6.12. The van der Waals surface area contributed by atoms with Crippen molar-refractivity contribution in [1.82, 2.24) is 0 Å². The van der Waals surface area contributed by atoms with Crippen molar-refractivity contribution in [2.75, 3.05) is 0 Å². The van der Waals surface area contributed by atoms with Crippen molar-refractivity contribution in [1.29, 1.82) is 0 Å². The summed E-state index contributed by atoms with van der Waals surface area (Å²) >= 11 is 0. The SMILES string of the molecule is CC1C2CC(C(=O)OC(C)(C)c3cc4c5c(cccc5c3)CC=C4)C(C2)C1C. The van der Waals surface area contributed by atoms with Crippen LogP contribution in [-0.4, -0.2) is 5.97 Å². The highest BCUT2D eigenvalue weighted by molar-refractivity contribution is 5.95. The molecule has 0 spiro atoms. The average molecular weight is 375 g/mol. The van der Waals surface area contributed by atoms with Crippen LogP contribution < -0.4 is 0 Å². The molecule has 3 aliphatic carbocycles. The molecule has 2 aromatic rings. The zero-order valence-corrected chi connectivity index (χ0v) is 17.4.